The summed E-state index contributed by atoms with van der Waals surface area (Å²) in [4.78, 5) is 11.5. The van der Waals surface area contributed by atoms with Gasteiger partial charge < -0.3 is 14.6 Å². The van der Waals surface area contributed by atoms with Gasteiger partial charge in [0, 0.05) is 5.56 Å². The van der Waals surface area contributed by atoms with E-state index >= 15 is 0 Å². The van der Waals surface area contributed by atoms with Crippen LogP contribution in [-0.4, -0.2) is 30.4 Å². The Morgan fingerprint density at radius 2 is 1.95 bits per heavy atom. The van der Waals surface area contributed by atoms with Crippen molar-refractivity contribution in [3.05, 3.63) is 28.8 Å². The summed E-state index contributed by atoms with van der Waals surface area (Å²) in [5.41, 5.74) is 2.34. The molecule has 0 amide bonds. The second-order valence-corrected chi connectivity index (χ2v) is 5.60. The van der Waals surface area contributed by atoms with Crippen molar-refractivity contribution >= 4 is 5.97 Å². The minimum Gasteiger partial charge on any atom is -0.485 e. The van der Waals surface area contributed by atoms with Crippen molar-refractivity contribution in [2.45, 2.75) is 38.2 Å². The molecule has 1 saturated carbocycles. The summed E-state index contributed by atoms with van der Waals surface area (Å²) in [5, 5.41) is 9.47. The van der Waals surface area contributed by atoms with Crippen LogP contribution in [-0.2, 0) is 14.9 Å². The van der Waals surface area contributed by atoms with Gasteiger partial charge in [0.1, 0.15) is 11.9 Å². The Hall–Kier alpha value is -1.55. The molecule has 2 aliphatic rings. The van der Waals surface area contributed by atoms with E-state index in [0.29, 0.717) is 26.1 Å². The maximum atomic E-state index is 11.5. The first-order valence-corrected chi connectivity index (χ1v) is 6.62. The molecule has 0 bridgehead atoms. The van der Waals surface area contributed by atoms with Crippen LogP contribution < -0.4 is 4.74 Å². The van der Waals surface area contributed by atoms with Crippen LogP contribution in [0.15, 0.2) is 12.1 Å². The van der Waals surface area contributed by atoms with E-state index < -0.39 is 11.4 Å². The standard InChI is InChI=1S/C15H18O4/c1-9-5-12(15(3-4-15)14(16)17)13(6-10(9)2)19-11-7-18-8-11/h5-6,11H,3-4,7-8H2,1-2H3,(H,16,17). The third-order valence-electron chi connectivity index (χ3n) is 4.17. The predicted octanol–water partition coefficient (Wildman–Crippen LogP) is 2.20. The zero-order valence-corrected chi connectivity index (χ0v) is 11.2. The molecule has 0 radical (unpaired) electrons. The number of ether oxygens (including phenoxy) is 2. The van der Waals surface area contributed by atoms with Crippen LogP contribution in [0.2, 0.25) is 0 Å². The molecule has 0 atom stereocenters. The molecule has 1 N–H and O–H groups in total. The third kappa shape index (κ3) is 2.00. The van der Waals surface area contributed by atoms with Gasteiger partial charge in [-0.3, -0.25) is 4.79 Å². The fraction of sp³-hybridized carbons (Fsp3) is 0.533. The van der Waals surface area contributed by atoms with Crippen LogP contribution in [0, 0.1) is 13.8 Å². The highest BCUT2D eigenvalue weighted by atomic mass is 16.6. The first-order valence-electron chi connectivity index (χ1n) is 6.62. The lowest BCUT2D eigenvalue weighted by Crippen LogP contribution is -2.39. The summed E-state index contributed by atoms with van der Waals surface area (Å²) >= 11 is 0. The number of carbonyl (C=O) groups is 1. The van der Waals surface area contributed by atoms with Gasteiger partial charge >= 0.3 is 5.97 Å². The largest absolute Gasteiger partial charge is 0.485 e. The normalized spacial score (nSPS) is 20.7. The number of benzene rings is 1. The lowest BCUT2D eigenvalue weighted by atomic mass is 9.92. The van der Waals surface area contributed by atoms with Crippen molar-refractivity contribution in [3.63, 3.8) is 0 Å². The maximum absolute atomic E-state index is 11.5. The van der Waals surface area contributed by atoms with E-state index in [-0.39, 0.29) is 6.10 Å². The Morgan fingerprint density at radius 3 is 2.42 bits per heavy atom. The molecule has 1 aromatic carbocycles. The van der Waals surface area contributed by atoms with Gasteiger partial charge in [0.25, 0.3) is 0 Å². The topological polar surface area (TPSA) is 55.8 Å². The van der Waals surface area contributed by atoms with Gasteiger partial charge in [0.2, 0.25) is 0 Å². The van der Waals surface area contributed by atoms with Gasteiger partial charge in [-0.25, -0.2) is 0 Å². The summed E-state index contributed by atoms with van der Waals surface area (Å²) in [5.74, 6) is -0.0261. The van der Waals surface area contributed by atoms with Gasteiger partial charge in [-0.2, -0.15) is 0 Å². The smallest absolute Gasteiger partial charge is 0.314 e. The van der Waals surface area contributed by atoms with E-state index in [1.165, 1.54) is 0 Å². The second kappa shape index (κ2) is 4.23. The molecule has 19 heavy (non-hydrogen) atoms. The minimum atomic E-state index is -0.745. The third-order valence-corrected chi connectivity index (χ3v) is 4.17. The van der Waals surface area contributed by atoms with E-state index in [1.807, 2.05) is 26.0 Å². The Kier molecular flexibility index (Phi) is 2.78. The van der Waals surface area contributed by atoms with Crippen LogP contribution in [0.25, 0.3) is 0 Å². The Balaban J connectivity index is 2.00. The average Bonchev–Trinajstić information content (AvgIpc) is 3.09. The lowest BCUT2D eigenvalue weighted by Gasteiger charge is -2.29. The molecule has 4 heteroatoms. The molecule has 2 fully saturated rings. The molecular formula is C15H18O4. The molecule has 1 aliphatic carbocycles. The van der Waals surface area contributed by atoms with Crippen molar-refractivity contribution < 1.29 is 19.4 Å². The summed E-state index contributed by atoms with van der Waals surface area (Å²) < 4.78 is 11.0. The molecule has 1 saturated heterocycles. The maximum Gasteiger partial charge on any atom is 0.314 e. The summed E-state index contributed by atoms with van der Waals surface area (Å²) in [6.07, 6.45) is 1.45. The molecule has 4 nitrogen and oxygen atoms in total. The number of aryl methyl sites for hydroxylation is 2. The van der Waals surface area contributed by atoms with Crippen molar-refractivity contribution in [3.8, 4) is 5.75 Å². The number of hydrogen-bond donors (Lipinski definition) is 1. The van der Waals surface area contributed by atoms with E-state index in [1.54, 1.807) is 0 Å². The number of hydrogen-bond acceptors (Lipinski definition) is 3. The SMILES string of the molecule is Cc1cc(OC2COC2)c(C2(C(=O)O)CC2)cc1C. The highest BCUT2D eigenvalue weighted by molar-refractivity contribution is 5.86. The predicted molar refractivity (Wildman–Crippen MR) is 69.7 cm³/mol. The highest BCUT2D eigenvalue weighted by Gasteiger charge is 2.53. The number of rotatable bonds is 4. The summed E-state index contributed by atoms with van der Waals surface area (Å²) in [6, 6.07) is 3.94. The van der Waals surface area contributed by atoms with Crippen molar-refractivity contribution in [2.24, 2.45) is 0 Å². The van der Waals surface area contributed by atoms with E-state index in [0.717, 1.165) is 22.4 Å². The van der Waals surface area contributed by atoms with Crippen LogP contribution in [0.5, 0.6) is 5.75 Å². The van der Waals surface area contributed by atoms with Gasteiger partial charge in [-0.15, -0.1) is 0 Å². The fourth-order valence-electron chi connectivity index (χ4n) is 2.45. The molecule has 0 unspecified atom stereocenters. The van der Waals surface area contributed by atoms with Gasteiger partial charge in [-0.1, -0.05) is 6.07 Å². The molecule has 1 aliphatic heterocycles. The van der Waals surface area contributed by atoms with Crippen molar-refractivity contribution in [1.29, 1.82) is 0 Å². The Morgan fingerprint density at radius 1 is 1.32 bits per heavy atom. The fourth-order valence-corrected chi connectivity index (χ4v) is 2.45. The van der Waals surface area contributed by atoms with E-state index in [4.69, 9.17) is 9.47 Å². The minimum absolute atomic E-state index is 0.0606. The molecule has 0 spiro atoms. The second-order valence-electron chi connectivity index (χ2n) is 5.60. The molecule has 3 rings (SSSR count). The lowest BCUT2D eigenvalue weighted by molar-refractivity contribution is -0.140. The van der Waals surface area contributed by atoms with Crippen LogP contribution in [0.1, 0.15) is 29.5 Å². The van der Waals surface area contributed by atoms with E-state index in [2.05, 4.69) is 0 Å². The summed E-state index contributed by atoms with van der Waals surface area (Å²) in [6.45, 7) is 5.20. The highest BCUT2D eigenvalue weighted by Crippen LogP contribution is 2.52. The van der Waals surface area contributed by atoms with Gasteiger partial charge in [0.05, 0.1) is 18.6 Å². The quantitative estimate of drug-likeness (QED) is 0.903. The van der Waals surface area contributed by atoms with Crippen LogP contribution in [0.4, 0.5) is 0 Å². The number of carboxylic acids is 1. The first kappa shape index (κ1) is 12.5. The zero-order chi connectivity index (χ0) is 13.6. The molecule has 0 aromatic heterocycles. The Labute approximate surface area is 112 Å². The van der Waals surface area contributed by atoms with Gasteiger partial charge in [-0.05, 0) is 43.9 Å². The van der Waals surface area contributed by atoms with Crippen LogP contribution >= 0.6 is 0 Å². The summed E-state index contributed by atoms with van der Waals surface area (Å²) in [7, 11) is 0. The molecule has 102 valence electrons. The molecule has 1 aromatic rings. The monoisotopic (exact) mass is 262 g/mol. The first-order chi connectivity index (χ1) is 9.03. The zero-order valence-electron chi connectivity index (χ0n) is 11.2. The van der Waals surface area contributed by atoms with E-state index in [9.17, 15) is 9.90 Å². The van der Waals surface area contributed by atoms with Crippen LogP contribution in [0.3, 0.4) is 0 Å². The van der Waals surface area contributed by atoms with Crippen molar-refractivity contribution in [2.75, 3.05) is 13.2 Å². The van der Waals surface area contributed by atoms with Gasteiger partial charge in [0.15, 0.2) is 0 Å². The molecule has 1 heterocycles. The Bertz CT molecular complexity index is 527. The molecular weight excluding hydrogens is 244 g/mol. The number of carboxylic acid groups (broad SMARTS) is 1. The number of aliphatic carboxylic acids is 1. The van der Waals surface area contributed by atoms with Crippen molar-refractivity contribution in [1.82, 2.24) is 0 Å². The average molecular weight is 262 g/mol.